The summed E-state index contributed by atoms with van der Waals surface area (Å²) >= 11 is 0. The molecule has 1 saturated heterocycles. The van der Waals surface area contributed by atoms with Gasteiger partial charge in [0.1, 0.15) is 0 Å². The first-order chi connectivity index (χ1) is 14.0. The van der Waals surface area contributed by atoms with Crippen LogP contribution in [0.5, 0.6) is 0 Å². The van der Waals surface area contributed by atoms with E-state index in [4.69, 9.17) is 0 Å². The number of piperidine rings is 1. The number of alkyl halides is 3. The summed E-state index contributed by atoms with van der Waals surface area (Å²) in [5.41, 5.74) is 0.886. The molecule has 2 heterocycles. The first-order valence-electron chi connectivity index (χ1n) is 9.23. The van der Waals surface area contributed by atoms with Gasteiger partial charge in [0.25, 0.3) is 0 Å². The monoisotopic (exact) mass is 436 g/mol. The van der Waals surface area contributed by atoms with Gasteiger partial charge in [-0.3, -0.25) is 4.79 Å². The molecule has 1 fully saturated rings. The Balaban J connectivity index is 1.85. The molecule has 158 valence electrons. The molecule has 2 aromatic carbocycles. The molecule has 0 aliphatic carbocycles. The number of fused-ring (bicyclic) bond motifs is 5. The van der Waals surface area contributed by atoms with Crippen LogP contribution in [0.2, 0.25) is 0 Å². The summed E-state index contributed by atoms with van der Waals surface area (Å²) in [6, 6.07) is 9.08. The lowest BCUT2D eigenvalue weighted by atomic mass is 9.96. The summed E-state index contributed by atoms with van der Waals surface area (Å²) < 4.78 is 66.9. The second-order valence-corrected chi connectivity index (χ2v) is 9.42. The molecule has 2 aliphatic rings. The van der Waals surface area contributed by atoms with Gasteiger partial charge in [-0.15, -0.1) is 0 Å². The van der Waals surface area contributed by atoms with Crippen molar-refractivity contribution in [3.8, 4) is 0 Å². The molecule has 2 aliphatic heterocycles. The van der Waals surface area contributed by atoms with E-state index < -0.39 is 33.8 Å². The second kappa shape index (κ2) is 6.95. The van der Waals surface area contributed by atoms with Gasteiger partial charge in [-0.1, -0.05) is 24.3 Å². The first-order valence-corrected chi connectivity index (χ1v) is 10.7. The van der Waals surface area contributed by atoms with Crippen LogP contribution in [0, 0.1) is 0 Å². The number of sulfonamides is 1. The van der Waals surface area contributed by atoms with Crippen molar-refractivity contribution in [2.45, 2.75) is 29.6 Å². The fourth-order valence-corrected chi connectivity index (χ4v) is 5.88. The summed E-state index contributed by atoms with van der Waals surface area (Å²) in [5, 5.41) is 0. The first kappa shape index (κ1) is 20.6. The summed E-state index contributed by atoms with van der Waals surface area (Å²) in [6.07, 6.45) is -2.97. The molecular formula is C21H19F3N2O3S. The number of ketones is 1. The second-order valence-electron chi connectivity index (χ2n) is 7.58. The molecule has 4 rings (SSSR count). The quantitative estimate of drug-likeness (QED) is 0.685. The number of Topliss-reactive ketones (excluding diaryl/α,β-unsaturated/α-hetero) is 1. The zero-order valence-corrected chi connectivity index (χ0v) is 17.0. The van der Waals surface area contributed by atoms with Crippen LogP contribution in [0.25, 0.3) is 0 Å². The third-order valence-corrected chi connectivity index (χ3v) is 7.25. The number of hydrogen-bond donors (Lipinski definition) is 0. The van der Waals surface area contributed by atoms with E-state index in [2.05, 4.69) is 0 Å². The zero-order valence-electron chi connectivity index (χ0n) is 16.2. The van der Waals surface area contributed by atoms with Crippen molar-refractivity contribution in [3.63, 3.8) is 0 Å². The Morgan fingerprint density at radius 1 is 1.03 bits per heavy atom. The lowest BCUT2D eigenvalue weighted by molar-refractivity contribution is -0.137. The van der Waals surface area contributed by atoms with Crippen LogP contribution in [0.1, 0.15) is 35.2 Å². The minimum Gasteiger partial charge on any atom is -0.383 e. The Morgan fingerprint density at radius 3 is 2.20 bits per heavy atom. The molecule has 0 aromatic heterocycles. The summed E-state index contributed by atoms with van der Waals surface area (Å²) in [4.78, 5) is 14.2. The van der Waals surface area contributed by atoms with Crippen molar-refractivity contribution in [2.75, 3.05) is 14.1 Å². The Kier molecular flexibility index (Phi) is 4.78. The highest BCUT2D eigenvalue weighted by molar-refractivity contribution is 7.89. The standard InChI is InChI=1S/C21H19F3N2O3S/c1-25(2)12-17-19(27)11-18-15-5-3-4-6-16(15)20(17)26(18)30(28,29)14-9-7-13(8-10-14)21(22,23)24/h3-10,12,18,20H,11H2,1-2H3/b17-12+. The van der Waals surface area contributed by atoms with Crippen LogP contribution in [-0.4, -0.2) is 37.5 Å². The molecule has 2 unspecified atom stereocenters. The van der Waals surface area contributed by atoms with Gasteiger partial charge in [0.05, 0.1) is 22.5 Å². The molecule has 5 nitrogen and oxygen atoms in total. The van der Waals surface area contributed by atoms with Gasteiger partial charge in [-0.2, -0.15) is 17.5 Å². The van der Waals surface area contributed by atoms with E-state index in [-0.39, 0.29) is 17.1 Å². The highest BCUT2D eigenvalue weighted by Gasteiger charge is 2.52. The molecule has 9 heteroatoms. The normalized spacial score (nSPS) is 23.0. The van der Waals surface area contributed by atoms with Gasteiger partial charge in [0.2, 0.25) is 10.0 Å². The minimum absolute atomic E-state index is 0.0208. The van der Waals surface area contributed by atoms with E-state index in [1.54, 1.807) is 49.5 Å². The maximum absolute atomic E-state index is 13.5. The number of halogens is 3. The summed E-state index contributed by atoms with van der Waals surface area (Å²) in [6.45, 7) is 0. The SMILES string of the molecule is CN(C)/C=C1\C(=O)CC2c3ccccc3C1N2S(=O)(=O)c1ccc(C(F)(F)F)cc1. The van der Waals surface area contributed by atoms with Gasteiger partial charge < -0.3 is 4.90 Å². The smallest absolute Gasteiger partial charge is 0.383 e. The highest BCUT2D eigenvalue weighted by atomic mass is 32.2. The van der Waals surface area contributed by atoms with E-state index in [9.17, 15) is 26.4 Å². The van der Waals surface area contributed by atoms with Gasteiger partial charge in [0.15, 0.2) is 5.78 Å². The predicted molar refractivity (Wildman–Crippen MR) is 104 cm³/mol. The Morgan fingerprint density at radius 2 is 1.63 bits per heavy atom. The number of carbonyl (C=O) groups is 1. The average Bonchev–Trinajstić information content (AvgIpc) is 2.94. The number of nitrogens with zero attached hydrogens (tertiary/aromatic N) is 2. The number of hydrogen-bond acceptors (Lipinski definition) is 4. The predicted octanol–water partition coefficient (Wildman–Crippen LogP) is 3.91. The van der Waals surface area contributed by atoms with Crippen molar-refractivity contribution >= 4 is 15.8 Å². The average molecular weight is 436 g/mol. The van der Waals surface area contributed by atoms with E-state index >= 15 is 0 Å². The van der Waals surface area contributed by atoms with Crippen LogP contribution >= 0.6 is 0 Å². The van der Waals surface area contributed by atoms with Crippen LogP contribution in [0.15, 0.2) is 65.2 Å². The van der Waals surface area contributed by atoms with Crippen LogP contribution in [0.4, 0.5) is 13.2 Å². The third-order valence-electron chi connectivity index (χ3n) is 5.36. The number of carbonyl (C=O) groups excluding carboxylic acids is 1. The van der Waals surface area contributed by atoms with Crippen molar-refractivity contribution in [1.82, 2.24) is 9.21 Å². The van der Waals surface area contributed by atoms with Crippen molar-refractivity contribution < 1.29 is 26.4 Å². The van der Waals surface area contributed by atoms with E-state index in [0.29, 0.717) is 5.57 Å². The largest absolute Gasteiger partial charge is 0.416 e. The molecular weight excluding hydrogens is 417 g/mol. The third kappa shape index (κ3) is 3.22. The van der Waals surface area contributed by atoms with Gasteiger partial charge in [0, 0.05) is 32.3 Å². The Labute approximate surface area is 172 Å². The zero-order chi connectivity index (χ0) is 21.8. The molecule has 0 radical (unpaired) electrons. The molecule has 30 heavy (non-hydrogen) atoms. The maximum atomic E-state index is 13.5. The summed E-state index contributed by atoms with van der Waals surface area (Å²) in [7, 11) is -0.690. The molecule has 0 amide bonds. The van der Waals surface area contributed by atoms with Crippen LogP contribution < -0.4 is 0 Å². The molecule has 2 bridgehead atoms. The Bertz CT molecular complexity index is 1140. The Hall–Kier alpha value is -2.65. The lowest BCUT2D eigenvalue weighted by Crippen LogP contribution is -2.40. The maximum Gasteiger partial charge on any atom is 0.416 e. The molecule has 2 aromatic rings. The molecule has 0 saturated carbocycles. The van der Waals surface area contributed by atoms with E-state index in [1.807, 2.05) is 0 Å². The molecule has 2 atom stereocenters. The van der Waals surface area contributed by atoms with Crippen molar-refractivity contribution in [2.24, 2.45) is 0 Å². The minimum atomic E-state index is -4.56. The highest BCUT2D eigenvalue weighted by Crippen LogP contribution is 2.54. The molecule has 0 spiro atoms. The van der Waals surface area contributed by atoms with E-state index in [0.717, 1.165) is 35.4 Å². The van der Waals surface area contributed by atoms with Crippen molar-refractivity contribution in [1.29, 1.82) is 0 Å². The fourth-order valence-electron chi connectivity index (χ4n) is 4.13. The molecule has 0 N–H and O–H groups in total. The topological polar surface area (TPSA) is 57.7 Å². The van der Waals surface area contributed by atoms with Crippen LogP contribution in [-0.2, 0) is 21.0 Å². The van der Waals surface area contributed by atoms with Crippen molar-refractivity contribution in [3.05, 3.63) is 77.0 Å². The summed E-state index contributed by atoms with van der Waals surface area (Å²) in [5.74, 6) is -0.145. The van der Waals surface area contributed by atoms with Crippen LogP contribution in [0.3, 0.4) is 0 Å². The van der Waals surface area contributed by atoms with Gasteiger partial charge >= 0.3 is 6.18 Å². The number of benzene rings is 2. The van der Waals surface area contributed by atoms with Gasteiger partial charge in [-0.25, -0.2) is 8.42 Å². The van der Waals surface area contributed by atoms with E-state index in [1.165, 1.54) is 4.31 Å². The van der Waals surface area contributed by atoms with Gasteiger partial charge in [-0.05, 0) is 35.4 Å². The fraction of sp³-hybridized carbons (Fsp3) is 0.286. The lowest BCUT2D eigenvalue weighted by Gasteiger charge is -2.35. The number of rotatable bonds is 3.